The molecule has 0 bridgehead atoms. The van der Waals surface area contributed by atoms with Gasteiger partial charge in [-0.3, -0.25) is 0 Å². The number of para-hydroxylation sites is 1. The lowest BCUT2D eigenvalue weighted by molar-refractivity contribution is -0.137. The summed E-state index contributed by atoms with van der Waals surface area (Å²) in [5.41, 5.74) is 0.534. The lowest BCUT2D eigenvalue weighted by atomic mass is 10.2. The molecule has 1 unspecified atom stereocenters. The molecule has 3 rings (SSSR count). The monoisotopic (exact) mass is 377 g/mol. The first-order valence-electron chi connectivity index (χ1n) is 5.75. The van der Waals surface area contributed by atoms with E-state index in [2.05, 4.69) is 20.9 Å². The van der Waals surface area contributed by atoms with Gasteiger partial charge >= 0.3 is 6.18 Å². The molecule has 110 valence electrons. The number of fused-ring (bicyclic) bond motifs is 1. The molecule has 3 nitrogen and oxygen atoms in total. The van der Waals surface area contributed by atoms with Crippen molar-refractivity contribution in [2.45, 2.75) is 12.3 Å². The summed E-state index contributed by atoms with van der Waals surface area (Å²) >= 11 is 3.71. The molecule has 0 radical (unpaired) electrons. The Balaban J connectivity index is 1.98. The van der Waals surface area contributed by atoms with Gasteiger partial charge in [0.2, 0.25) is 0 Å². The van der Waals surface area contributed by atoms with Crippen LogP contribution in [0.15, 0.2) is 39.4 Å². The Kier molecular flexibility index (Phi) is 3.54. The summed E-state index contributed by atoms with van der Waals surface area (Å²) in [6.07, 6.45) is -4.78. The van der Waals surface area contributed by atoms with E-state index >= 15 is 0 Å². The summed E-state index contributed by atoms with van der Waals surface area (Å²) in [5, 5.41) is 9.91. The Bertz CT molecular complexity index is 796. The third-order valence-corrected chi connectivity index (χ3v) is 4.54. The van der Waals surface area contributed by atoms with Gasteiger partial charge in [-0.25, -0.2) is 4.98 Å². The van der Waals surface area contributed by atoms with E-state index in [4.69, 9.17) is 4.42 Å². The molecule has 1 atom stereocenters. The maximum absolute atomic E-state index is 12.5. The summed E-state index contributed by atoms with van der Waals surface area (Å²) in [6.45, 7) is 0. The molecule has 0 fully saturated rings. The van der Waals surface area contributed by atoms with Gasteiger partial charge in [0.1, 0.15) is 17.4 Å². The maximum Gasteiger partial charge on any atom is 0.443 e. The summed E-state index contributed by atoms with van der Waals surface area (Å²) in [7, 11) is 0. The van der Waals surface area contributed by atoms with Crippen LogP contribution in [0, 0.1) is 0 Å². The maximum atomic E-state index is 12.5. The fourth-order valence-electron chi connectivity index (χ4n) is 1.87. The van der Waals surface area contributed by atoms with E-state index in [1.54, 1.807) is 24.3 Å². The zero-order valence-corrected chi connectivity index (χ0v) is 12.6. The number of alkyl halides is 3. The average Bonchev–Trinajstić information content (AvgIpc) is 3.05. The molecular weight excluding hydrogens is 371 g/mol. The van der Waals surface area contributed by atoms with Crippen molar-refractivity contribution in [3.63, 3.8) is 0 Å². The van der Waals surface area contributed by atoms with E-state index < -0.39 is 17.3 Å². The Morgan fingerprint density at radius 2 is 2.10 bits per heavy atom. The van der Waals surface area contributed by atoms with E-state index in [-0.39, 0.29) is 10.6 Å². The Hall–Kier alpha value is -1.38. The number of hydrogen-bond acceptors (Lipinski definition) is 4. The van der Waals surface area contributed by atoms with Gasteiger partial charge in [-0.15, -0.1) is 11.3 Å². The first kappa shape index (κ1) is 14.6. The topological polar surface area (TPSA) is 46.3 Å². The fourth-order valence-corrected chi connectivity index (χ4v) is 3.11. The molecule has 2 heterocycles. The minimum absolute atomic E-state index is 0.0810. The molecule has 21 heavy (non-hydrogen) atoms. The van der Waals surface area contributed by atoms with Gasteiger partial charge in [-0.1, -0.05) is 12.1 Å². The van der Waals surface area contributed by atoms with Crippen LogP contribution in [0.5, 0.6) is 0 Å². The summed E-state index contributed by atoms with van der Waals surface area (Å²) < 4.78 is 43.8. The Morgan fingerprint density at radius 1 is 1.33 bits per heavy atom. The number of hydrogen-bond donors (Lipinski definition) is 1. The van der Waals surface area contributed by atoms with Crippen LogP contribution in [0.25, 0.3) is 11.0 Å². The number of rotatable bonds is 2. The Labute approximate surface area is 129 Å². The molecule has 0 spiro atoms. The number of furan rings is 1. The summed E-state index contributed by atoms with van der Waals surface area (Å²) in [4.78, 5) is 3.37. The van der Waals surface area contributed by atoms with E-state index in [1.807, 2.05) is 0 Å². The normalized spacial score (nSPS) is 13.8. The van der Waals surface area contributed by atoms with Crippen LogP contribution in [0.4, 0.5) is 13.2 Å². The minimum atomic E-state index is -4.51. The third kappa shape index (κ3) is 2.70. The van der Waals surface area contributed by atoms with Crippen LogP contribution in [-0.2, 0) is 6.18 Å². The molecule has 0 aliphatic carbocycles. The second-order valence-corrected chi connectivity index (χ2v) is 6.19. The minimum Gasteiger partial charge on any atom is -0.457 e. The molecule has 0 saturated carbocycles. The fraction of sp³-hybridized carbons (Fsp3) is 0.154. The Morgan fingerprint density at radius 3 is 2.71 bits per heavy atom. The van der Waals surface area contributed by atoms with Crippen LogP contribution in [0.1, 0.15) is 21.7 Å². The predicted molar refractivity (Wildman–Crippen MR) is 75.1 cm³/mol. The van der Waals surface area contributed by atoms with Crippen molar-refractivity contribution in [1.82, 2.24) is 4.98 Å². The van der Waals surface area contributed by atoms with Crippen molar-refractivity contribution in [2.24, 2.45) is 0 Å². The largest absolute Gasteiger partial charge is 0.457 e. The molecule has 0 amide bonds. The highest BCUT2D eigenvalue weighted by atomic mass is 79.9. The first-order chi connectivity index (χ1) is 9.86. The SMILES string of the molecule is OC(c1cc2cccc(Br)c2o1)c1cnc(C(F)(F)F)s1. The van der Waals surface area contributed by atoms with Crippen LogP contribution in [0.3, 0.4) is 0 Å². The molecule has 0 aliphatic rings. The average molecular weight is 378 g/mol. The summed E-state index contributed by atoms with van der Waals surface area (Å²) in [5.74, 6) is 0.175. The number of thiazole rings is 1. The number of benzene rings is 1. The molecule has 0 saturated heterocycles. The van der Waals surface area contributed by atoms with Crippen LogP contribution >= 0.6 is 27.3 Å². The van der Waals surface area contributed by atoms with Crippen molar-refractivity contribution in [2.75, 3.05) is 0 Å². The van der Waals surface area contributed by atoms with Gasteiger partial charge in [0.05, 0.1) is 9.35 Å². The highest BCUT2D eigenvalue weighted by Crippen LogP contribution is 2.37. The number of aliphatic hydroxyl groups is 1. The molecule has 1 aromatic carbocycles. The molecular formula is C13H7BrF3NO2S. The second kappa shape index (κ2) is 5.11. The molecule has 1 N–H and O–H groups in total. The molecule has 0 aliphatic heterocycles. The van der Waals surface area contributed by atoms with Crippen LogP contribution in [-0.4, -0.2) is 10.1 Å². The van der Waals surface area contributed by atoms with Crippen molar-refractivity contribution < 1.29 is 22.7 Å². The molecule has 8 heteroatoms. The second-order valence-electron chi connectivity index (χ2n) is 4.28. The highest BCUT2D eigenvalue weighted by molar-refractivity contribution is 9.10. The van der Waals surface area contributed by atoms with Gasteiger partial charge in [-0.05, 0) is 28.1 Å². The quantitative estimate of drug-likeness (QED) is 0.700. The standard InChI is InChI=1S/C13H7BrF3NO2S/c14-7-3-1-2-6-4-8(20-11(6)7)10(19)9-5-18-12(21-9)13(15,16)17/h1-5,10,19H. The van der Waals surface area contributed by atoms with Crippen molar-refractivity contribution in [1.29, 1.82) is 0 Å². The van der Waals surface area contributed by atoms with E-state index in [0.29, 0.717) is 21.4 Å². The van der Waals surface area contributed by atoms with Crippen LogP contribution in [0.2, 0.25) is 0 Å². The number of nitrogens with zero attached hydrogens (tertiary/aromatic N) is 1. The highest BCUT2D eigenvalue weighted by Gasteiger charge is 2.35. The van der Waals surface area contributed by atoms with Gasteiger partial charge in [0, 0.05) is 11.6 Å². The first-order valence-corrected chi connectivity index (χ1v) is 7.36. The van der Waals surface area contributed by atoms with Crippen molar-refractivity contribution in [3.05, 3.63) is 50.6 Å². The van der Waals surface area contributed by atoms with Crippen molar-refractivity contribution >= 4 is 38.2 Å². The molecule has 3 aromatic rings. The summed E-state index contributed by atoms with van der Waals surface area (Å²) in [6, 6.07) is 6.95. The van der Waals surface area contributed by atoms with E-state index in [9.17, 15) is 18.3 Å². The van der Waals surface area contributed by atoms with E-state index in [1.165, 1.54) is 0 Å². The number of halogens is 4. The zero-order valence-electron chi connectivity index (χ0n) is 10.2. The van der Waals surface area contributed by atoms with Gasteiger partial charge < -0.3 is 9.52 Å². The predicted octanol–water partition coefficient (Wildman–Crippen LogP) is 4.75. The van der Waals surface area contributed by atoms with Gasteiger partial charge in [0.25, 0.3) is 0 Å². The number of aromatic nitrogens is 1. The smallest absolute Gasteiger partial charge is 0.443 e. The molecule has 2 aromatic heterocycles. The third-order valence-electron chi connectivity index (χ3n) is 2.82. The lowest BCUT2D eigenvalue weighted by Gasteiger charge is -2.03. The lowest BCUT2D eigenvalue weighted by Crippen LogP contribution is -2.03. The van der Waals surface area contributed by atoms with Crippen LogP contribution < -0.4 is 0 Å². The van der Waals surface area contributed by atoms with E-state index in [0.717, 1.165) is 11.6 Å². The number of aliphatic hydroxyl groups excluding tert-OH is 1. The van der Waals surface area contributed by atoms with Gasteiger partial charge in [0.15, 0.2) is 5.01 Å². The van der Waals surface area contributed by atoms with Crippen molar-refractivity contribution in [3.8, 4) is 0 Å². The zero-order chi connectivity index (χ0) is 15.2. The van der Waals surface area contributed by atoms with Gasteiger partial charge in [-0.2, -0.15) is 13.2 Å².